The van der Waals surface area contributed by atoms with Crippen molar-refractivity contribution in [3.8, 4) is 5.75 Å². The van der Waals surface area contributed by atoms with E-state index in [9.17, 15) is 4.79 Å². The zero-order valence-corrected chi connectivity index (χ0v) is 17.6. The van der Waals surface area contributed by atoms with Crippen LogP contribution >= 0.6 is 12.2 Å². The Labute approximate surface area is 171 Å². The van der Waals surface area contributed by atoms with Gasteiger partial charge in [0.25, 0.3) is 5.91 Å². The Kier molecular flexibility index (Phi) is 5.70. The molecule has 0 saturated heterocycles. The number of rotatable bonds is 4. The number of benzene rings is 2. The lowest BCUT2D eigenvalue weighted by Gasteiger charge is -2.38. The van der Waals surface area contributed by atoms with E-state index in [1.165, 1.54) is 5.56 Å². The first-order valence-corrected chi connectivity index (χ1v) is 9.48. The minimum atomic E-state index is -0.294. The average molecular weight is 396 g/mol. The van der Waals surface area contributed by atoms with Gasteiger partial charge in [-0.2, -0.15) is 0 Å². The number of amides is 1. The number of aryl methyl sites for hydroxylation is 1. The van der Waals surface area contributed by atoms with Crippen molar-refractivity contribution in [1.29, 1.82) is 0 Å². The van der Waals surface area contributed by atoms with Gasteiger partial charge in [0.1, 0.15) is 5.75 Å². The highest BCUT2D eigenvalue weighted by Gasteiger charge is 2.35. The number of nitrogens with zero attached hydrogens (tertiary/aromatic N) is 2. The predicted molar refractivity (Wildman–Crippen MR) is 117 cm³/mol. The first-order valence-electron chi connectivity index (χ1n) is 9.07. The van der Waals surface area contributed by atoms with E-state index in [-0.39, 0.29) is 11.9 Å². The van der Waals surface area contributed by atoms with Gasteiger partial charge in [0, 0.05) is 25.5 Å². The third-order valence-electron chi connectivity index (χ3n) is 4.86. The van der Waals surface area contributed by atoms with Crippen molar-refractivity contribution in [1.82, 2.24) is 10.2 Å². The van der Waals surface area contributed by atoms with E-state index < -0.39 is 0 Å². The molecule has 3 rings (SSSR count). The molecule has 0 aromatic heterocycles. The van der Waals surface area contributed by atoms with Gasteiger partial charge in [-0.05, 0) is 55.9 Å². The van der Waals surface area contributed by atoms with Gasteiger partial charge in [-0.25, -0.2) is 0 Å². The molecule has 0 saturated carbocycles. The summed E-state index contributed by atoms with van der Waals surface area (Å²) in [4.78, 5) is 16.6. The lowest BCUT2D eigenvalue weighted by molar-refractivity contribution is -0.125. The molecule has 1 atom stereocenters. The predicted octanol–water partition coefficient (Wildman–Crippen LogP) is 3.80. The average Bonchev–Trinajstić information content (AvgIpc) is 2.68. The highest BCUT2D eigenvalue weighted by atomic mass is 32.1. The molecule has 0 spiro atoms. The molecule has 1 heterocycles. The van der Waals surface area contributed by atoms with E-state index >= 15 is 0 Å². The van der Waals surface area contributed by atoms with Crippen LogP contribution in [0.25, 0.3) is 0 Å². The Bertz CT molecular complexity index is 918. The fraction of sp³-hybridized carbons (Fsp3) is 0.273. The molecule has 0 bridgehead atoms. The second-order valence-electron chi connectivity index (χ2n) is 7.03. The molecule has 0 radical (unpaired) electrons. The second-order valence-corrected chi connectivity index (χ2v) is 7.41. The third kappa shape index (κ3) is 3.73. The number of hydrogen-bond donors (Lipinski definition) is 1. The van der Waals surface area contributed by atoms with Gasteiger partial charge in [-0.15, -0.1) is 0 Å². The summed E-state index contributed by atoms with van der Waals surface area (Å²) in [5.41, 5.74) is 4.55. The van der Waals surface area contributed by atoms with Crippen LogP contribution in [-0.2, 0) is 4.79 Å². The van der Waals surface area contributed by atoms with E-state index in [0.717, 1.165) is 22.7 Å². The highest BCUT2D eigenvalue weighted by molar-refractivity contribution is 7.80. The summed E-state index contributed by atoms with van der Waals surface area (Å²) in [6.45, 7) is 3.98. The van der Waals surface area contributed by atoms with Gasteiger partial charge in [-0.1, -0.05) is 29.8 Å². The molecule has 1 aliphatic heterocycles. The molecule has 2 aromatic carbocycles. The number of likely N-dealkylation sites (N-methyl/N-ethyl adjacent to an activating group) is 1. The Morgan fingerprint density at radius 3 is 2.21 bits per heavy atom. The van der Waals surface area contributed by atoms with E-state index in [0.29, 0.717) is 10.7 Å². The van der Waals surface area contributed by atoms with Crippen molar-refractivity contribution in [3.63, 3.8) is 0 Å². The van der Waals surface area contributed by atoms with Crippen molar-refractivity contribution in [2.45, 2.75) is 19.9 Å². The number of carbonyl (C=O) groups is 1. The summed E-state index contributed by atoms with van der Waals surface area (Å²) >= 11 is 5.68. The molecule has 0 fully saturated rings. The van der Waals surface area contributed by atoms with E-state index in [4.69, 9.17) is 17.0 Å². The molecule has 6 heteroatoms. The van der Waals surface area contributed by atoms with Crippen molar-refractivity contribution in [2.75, 3.05) is 26.1 Å². The lowest BCUT2D eigenvalue weighted by Crippen LogP contribution is -2.49. The molecule has 1 amide bonds. The fourth-order valence-corrected chi connectivity index (χ4v) is 3.67. The highest BCUT2D eigenvalue weighted by Crippen LogP contribution is 2.34. The van der Waals surface area contributed by atoms with Crippen LogP contribution in [0.1, 0.15) is 24.1 Å². The Morgan fingerprint density at radius 2 is 1.68 bits per heavy atom. The van der Waals surface area contributed by atoms with Crippen LogP contribution in [0.2, 0.25) is 0 Å². The van der Waals surface area contributed by atoms with Crippen LogP contribution in [0.15, 0.2) is 59.8 Å². The molecular formula is C22H25N3O2S. The summed E-state index contributed by atoms with van der Waals surface area (Å²) in [5, 5.41) is 3.93. The lowest BCUT2D eigenvalue weighted by atomic mass is 9.93. The molecule has 28 heavy (non-hydrogen) atoms. The van der Waals surface area contributed by atoms with Gasteiger partial charge in [0.2, 0.25) is 0 Å². The van der Waals surface area contributed by atoms with Crippen LogP contribution in [0, 0.1) is 6.92 Å². The molecule has 1 N–H and O–H groups in total. The van der Waals surface area contributed by atoms with Crippen LogP contribution < -0.4 is 15.0 Å². The second kappa shape index (κ2) is 8.02. The minimum absolute atomic E-state index is 0.0448. The van der Waals surface area contributed by atoms with Gasteiger partial charge >= 0.3 is 0 Å². The van der Waals surface area contributed by atoms with Gasteiger partial charge in [0.05, 0.1) is 18.7 Å². The summed E-state index contributed by atoms with van der Waals surface area (Å²) in [6, 6.07) is 15.5. The number of nitrogens with one attached hydrogen (secondary N) is 1. The molecule has 2 aromatic rings. The van der Waals surface area contributed by atoms with Crippen LogP contribution in [0.3, 0.4) is 0 Å². The number of carbonyl (C=O) groups excluding carboxylic acids is 1. The third-order valence-corrected chi connectivity index (χ3v) is 5.16. The molecule has 5 nitrogen and oxygen atoms in total. The van der Waals surface area contributed by atoms with Crippen molar-refractivity contribution < 1.29 is 9.53 Å². The fourth-order valence-electron chi connectivity index (χ4n) is 3.31. The van der Waals surface area contributed by atoms with E-state index in [1.807, 2.05) is 67.3 Å². The maximum absolute atomic E-state index is 13.1. The van der Waals surface area contributed by atoms with E-state index in [2.05, 4.69) is 5.32 Å². The Hall–Kier alpha value is -2.86. The normalized spacial score (nSPS) is 16.7. The van der Waals surface area contributed by atoms with Gasteiger partial charge in [0.15, 0.2) is 5.11 Å². The molecule has 0 aliphatic carbocycles. The monoisotopic (exact) mass is 395 g/mol. The summed E-state index contributed by atoms with van der Waals surface area (Å²) in [6.07, 6.45) is 0. The van der Waals surface area contributed by atoms with Crippen molar-refractivity contribution >= 4 is 28.9 Å². The smallest absolute Gasteiger partial charge is 0.253 e. The SMILES string of the molecule is COc1ccc(N2C(=S)NC(c3ccc(C)cc3)C(C(=O)N(C)C)=C2C)cc1. The zero-order valence-electron chi connectivity index (χ0n) is 16.8. The van der Waals surface area contributed by atoms with Crippen LogP contribution in [0.4, 0.5) is 5.69 Å². The number of hydrogen-bond acceptors (Lipinski definition) is 3. The maximum atomic E-state index is 13.1. The zero-order chi connectivity index (χ0) is 20.4. The number of ether oxygens (including phenoxy) is 1. The standard InChI is InChI=1S/C22H25N3O2S/c1-14-6-8-16(9-7-14)20-19(21(26)24(3)4)15(2)25(22(28)23-20)17-10-12-18(27-5)13-11-17/h6-13,20H,1-5H3,(H,23,28). The van der Waals surface area contributed by atoms with Crippen molar-refractivity contribution in [2.24, 2.45) is 0 Å². The first-order chi connectivity index (χ1) is 13.3. The topological polar surface area (TPSA) is 44.8 Å². The minimum Gasteiger partial charge on any atom is -0.497 e. The molecule has 146 valence electrons. The van der Waals surface area contributed by atoms with Gasteiger partial charge in [-0.3, -0.25) is 9.69 Å². The molecule has 1 unspecified atom stereocenters. The Morgan fingerprint density at radius 1 is 1.07 bits per heavy atom. The quantitative estimate of drug-likeness (QED) is 0.798. The number of thiocarbonyl (C=S) groups is 1. The first kappa shape index (κ1) is 19.9. The van der Waals surface area contributed by atoms with Crippen LogP contribution in [-0.4, -0.2) is 37.1 Å². The maximum Gasteiger partial charge on any atom is 0.253 e. The molecular weight excluding hydrogens is 370 g/mol. The molecule has 1 aliphatic rings. The Balaban J connectivity index is 2.12. The number of anilines is 1. The number of allylic oxidation sites excluding steroid dienone is 1. The summed E-state index contributed by atoms with van der Waals surface area (Å²) in [5.74, 6) is 0.722. The number of methoxy groups -OCH3 is 1. The van der Waals surface area contributed by atoms with Gasteiger partial charge < -0.3 is 15.0 Å². The summed E-state index contributed by atoms with van der Waals surface area (Å²) < 4.78 is 5.25. The van der Waals surface area contributed by atoms with E-state index in [1.54, 1.807) is 26.1 Å². The van der Waals surface area contributed by atoms with Crippen LogP contribution in [0.5, 0.6) is 5.75 Å². The van der Waals surface area contributed by atoms with Crippen molar-refractivity contribution in [3.05, 3.63) is 70.9 Å². The summed E-state index contributed by atoms with van der Waals surface area (Å²) in [7, 11) is 5.16. The largest absolute Gasteiger partial charge is 0.497 e.